The van der Waals surface area contributed by atoms with Crippen LogP contribution in [0.15, 0.2) is 24.3 Å². The van der Waals surface area contributed by atoms with Crippen LogP contribution in [0, 0.1) is 12.8 Å². The van der Waals surface area contributed by atoms with Crippen molar-refractivity contribution in [3.63, 3.8) is 0 Å². The highest BCUT2D eigenvalue weighted by molar-refractivity contribution is 5.75. The van der Waals surface area contributed by atoms with Crippen LogP contribution in [0.4, 0.5) is 0 Å². The van der Waals surface area contributed by atoms with E-state index in [0.29, 0.717) is 6.54 Å². The molecule has 0 bridgehead atoms. The van der Waals surface area contributed by atoms with Crippen LogP contribution in [0.25, 0.3) is 0 Å². The molecule has 0 spiro atoms. The smallest absolute Gasteiger partial charge is 0.311 e. The fourth-order valence-corrected chi connectivity index (χ4v) is 1.99. The molecule has 1 aliphatic rings. The second-order valence-electron chi connectivity index (χ2n) is 3.87. The van der Waals surface area contributed by atoms with Gasteiger partial charge >= 0.3 is 5.97 Å². The molecule has 1 aromatic rings. The lowest BCUT2D eigenvalue weighted by atomic mass is 9.84. The van der Waals surface area contributed by atoms with Crippen molar-refractivity contribution in [2.24, 2.45) is 5.92 Å². The Bertz CT molecular complexity index is 376. The molecule has 1 fully saturated rings. The van der Waals surface area contributed by atoms with E-state index >= 15 is 0 Å². The van der Waals surface area contributed by atoms with E-state index in [9.17, 15) is 4.79 Å². The van der Waals surface area contributed by atoms with E-state index in [-0.39, 0.29) is 17.9 Å². The highest BCUT2D eigenvalue weighted by atomic mass is 16.5. The second kappa shape index (κ2) is 4.03. The maximum atomic E-state index is 11.4. The number of carbonyl (C=O) groups is 1. The van der Waals surface area contributed by atoms with E-state index in [4.69, 9.17) is 4.74 Å². The molecule has 1 N–H and O–H groups in total. The molecule has 2 rings (SSSR count). The van der Waals surface area contributed by atoms with E-state index in [2.05, 4.69) is 24.4 Å². The van der Waals surface area contributed by atoms with Crippen LogP contribution in [0.5, 0.6) is 0 Å². The molecule has 15 heavy (non-hydrogen) atoms. The Morgan fingerprint density at radius 1 is 1.47 bits per heavy atom. The Balaban J connectivity index is 2.19. The highest BCUT2D eigenvalue weighted by Crippen LogP contribution is 2.31. The van der Waals surface area contributed by atoms with Crippen LogP contribution in [0.2, 0.25) is 0 Å². The van der Waals surface area contributed by atoms with Crippen molar-refractivity contribution in [1.82, 2.24) is 5.32 Å². The van der Waals surface area contributed by atoms with Gasteiger partial charge in [-0.2, -0.15) is 0 Å². The lowest BCUT2D eigenvalue weighted by molar-refractivity contribution is -0.149. The minimum Gasteiger partial charge on any atom is -0.469 e. The Labute approximate surface area is 89.4 Å². The lowest BCUT2D eigenvalue weighted by Gasteiger charge is -2.37. The lowest BCUT2D eigenvalue weighted by Crippen LogP contribution is -2.50. The summed E-state index contributed by atoms with van der Waals surface area (Å²) in [6.45, 7) is 2.77. The molecule has 2 unspecified atom stereocenters. The zero-order valence-corrected chi connectivity index (χ0v) is 8.99. The average Bonchev–Trinajstić information content (AvgIpc) is 2.19. The van der Waals surface area contributed by atoms with Gasteiger partial charge in [-0.05, 0) is 18.1 Å². The van der Waals surface area contributed by atoms with Crippen LogP contribution in [-0.4, -0.2) is 19.6 Å². The topological polar surface area (TPSA) is 38.3 Å². The zero-order chi connectivity index (χ0) is 10.8. The molecule has 1 saturated heterocycles. The van der Waals surface area contributed by atoms with Crippen molar-refractivity contribution >= 4 is 5.97 Å². The van der Waals surface area contributed by atoms with Crippen molar-refractivity contribution in [3.8, 4) is 0 Å². The first-order valence-electron chi connectivity index (χ1n) is 5.11. The van der Waals surface area contributed by atoms with Gasteiger partial charge in [-0.1, -0.05) is 24.3 Å². The summed E-state index contributed by atoms with van der Waals surface area (Å²) in [4.78, 5) is 11.4. The van der Waals surface area contributed by atoms with Gasteiger partial charge in [-0.3, -0.25) is 4.79 Å². The third-order valence-corrected chi connectivity index (χ3v) is 2.99. The zero-order valence-electron chi connectivity index (χ0n) is 8.99. The minimum atomic E-state index is -0.123. The summed E-state index contributed by atoms with van der Waals surface area (Å²) in [7, 11) is 1.44. The summed E-state index contributed by atoms with van der Waals surface area (Å²) in [6, 6.07) is 8.24. The van der Waals surface area contributed by atoms with Crippen LogP contribution < -0.4 is 5.32 Å². The molecule has 1 aliphatic heterocycles. The van der Waals surface area contributed by atoms with Crippen LogP contribution in [0.3, 0.4) is 0 Å². The summed E-state index contributed by atoms with van der Waals surface area (Å²) in [6.07, 6.45) is 0. The molecule has 0 saturated carbocycles. The standard InChI is InChI=1S/C12H15NO2/c1-8-5-3-4-6-9(8)11-10(7-13-11)12(14)15-2/h3-6,10-11,13H,7H2,1-2H3. The van der Waals surface area contributed by atoms with E-state index < -0.39 is 0 Å². The van der Waals surface area contributed by atoms with Gasteiger partial charge in [-0.25, -0.2) is 0 Å². The van der Waals surface area contributed by atoms with E-state index in [1.807, 2.05) is 12.1 Å². The number of carbonyl (C=O) groups excluding carboxylic acids is 1. The molecule has 1 aromatic carbocycles. The summed E-state index contributed by atoms with van der Waals surface area (Å²) in [5.74, 6) is -0.155. The Kier molecular flexibility index (Phi) is 2.73. The third-order valence-electron chi connectivity index (χ3n) is 2.99. The maximum absolute atomic E-state index is 11.4. The van der Waals surface area contributed by atoms with Gasteiger partial charge in [0.2, 0.25) is 0 Å². The normalized spacial score (nSPS) is 24.4. The first kappa shape index (κ1) is 10.2. The van der Waals surface area contributed by atoms with Crippen molar-refractivity contribution in [2.45, 2.75) is 13.0 Å². The van der Waals surface area contributed by atoms with Crippen LogP contribution >= 0.6 is 0 Å². The first-order chi connectivity index (χ1) is 7.24. The molecule has 0 radical (unpaired) electrons. The van der Waals surface area contributed by atoms with Crippen molar-refractivity contribution in [1.29, 1.82) is 0 Å². The summed E-state index contributed by atoms with van der Waals surface area (Å²) < 4.78 is 4.77. The maximum Gasteiger partial charge on any atom is 0.311 e. The molecule has 80 valence electrons. The number of aryl methyl sites for hydroxylation is 1. The van der Waals surface area contributed by atoms with Crippen LogP contribution in [0.1, 0.15) is 17.2 Å². The van der Waals surface area contributed by atoms with E-state index in [1.54, 1.807) is 0 Å². The molecule has 0 aromatic heterocycles. The van der Waals surface area contributed by atoms with Gasteiger partial charge in [0, 0.05) is 12.6 Å². The van der Waals surface area contributed by atoms with E-state index in [0.717, 1.165) is 0 Å². The third kappa shape index (κ3) is 1.75. The molecule has 3 nitrogen and oxygen atoms in total. The molecule has 3 heteroatoms. The van der Waals surface area contributed by atoms with Gasteiger partial charge < -0.3 is 10.1 Å². The van der Waals surface area contributed by atoms with Gasteiger partial charge in [0.1, 0.15) is 0 Å². The fourth-order valence-electron chi connectivity index (χ4n) is 1.99. The van der Waals surface area contributed by atoms with Crippen molar-refractivity contribution in [2.75, 3.05) is 13.7 Å². The highest BCUT2D eigenvalue weighted by Gasteiger charge is 2.38. The number of benzene rings is 1. The number of ether oxygens (including phenoxy) is 1. The van der Waals surface area contributed by atoms with Gasteiger partial charge in [0.15, 0.2) is 0 Å². The van der Waals surface area contributed by atoms with Gasteiger partial charge in [0.25, 0.3) is 0 Å². The molecular formula is C12H15NO2. The Morgan fingerprint density at radius 2 is 2.20 bits per heavy atom. The number of methoxy groups -OCH3 is 1. The summed E-state index contributed by atoms with van der Waals surface area (Å²) in [5.41, 5.74) is 2.41. The largest absolute Gasteiger partial charge is 0.469 e. The number of nitrogens with one attached hydrogen (secondary N) is 1. The monoisotopic (exact) mass is 205 g/mol. The molecule has 0 aliphatic carbocycles. The summed E-state index contributed by atoms with van der Waals surface area (Å²) >= 11 is 0. The second-order valence-corrected chi connectivity index (χ2v) is 3.87. The van der Waals surface area contributed by atoms with Crippen molar-refractivity contribution < 1.29 is 9.53 Å². The average molecular weight is 205 g/mol. The van der Waals surface area contributed by atoms with Crippen LogP contribution in [-0.2, 0) is 9.53 Å². The number of hydrogen-bond donors (Lipinski definition) is 1. The number of hydrogen-bond acceptors (Lipinski definition) is 3. The quantitative estimate of drug-likeness (QED) is 0.742. The Hall–Kier alpha value is -1.35. The first-order valence-corrected chi connectivity index (χ1v) is 5.11. The minimum absolute atomic E-state index is 0.0314. The molecule has 2 atom stereocenters. The summed E-state index contributed by atoms with van der Waals surface area (Å²) in [5, 5.41) is 3.27. The van der Waals surface area contributed by atoms with Crippen molar-refractivity contribution in [3.05, 3.63) is 35.4 Å². The number of rotatable bonds is 2. The predicted octanol–water partition coefficient (Wildman–Crippen LogP) is 1.43. The predicted molar refractivity (Wildman–Crippen MR) is 57.4 cm³/mol. The van der Waals surface area contributed by atoms with Gasteiger partial charge in [0.05, 0.1) is 13.0 Å². The fraction of sp³-hybridized carbons (Fsp3) is 0.417. The van der Waals surface area contributed by atoms with Gasteiger partial charge in [-0.15, -0.1) is 0 Å². The molecule has 0 amide bonds. The van der Waals surface area contributed by atoms with E-state index in [1.165, 1.54) is 18.2 Å². The molecule has 1 heterocycles. The molecular weight excluding hydrogens is 190 g/mol. The SMILES string of the molecule is COC(=O)C1CNC1c1ccccc1C. The number of esters is 1. The Morgan fingerprint density at radius 3 is 2.73 bits per heavy atom.